The van der Waals surface area contributed by atoms with Gasteiger partial charge in [-0.1, -0.05) is 18.6 Å². The molecule has 7 rings (SSSR count). The van der Waals surface area contributed by atoms with Gasteiger partial charge in [0, 0.05) is 37.3 Å². The summed E-state index contributed by atoms with van der Waals surface area (Å²) in [6.45, 7) is 11.6. The van der Waals surface area contributed by atoms with Crippen LogP contribution in [0.2, 0.25) is 0 Å². The molecule has 2 aromatic heterocycles. The van der Waals surface area contributed by atoms with Crippen LogP contribution >= 0.6 is 0 Å². The van der Waals surface area contributed by atoms with Crippen LogP contribution in [0.3, 0.4) is 0 Å². The molecule has 2 atom stereocenters. The number of likely N-dealkylation sites (N-methyl/N-ethyl adjacent to an activating group) is 1. The van der Waals surface area contributed by atoms with Gasteiger partial charge < -0.3 is 19.6 Å². The lowest BCUT2D eigenvalue weighted by molar-refractivity contribution is -0.127. The van der Waals surface area contributed by atoms with Gasteiger partial charge in [0.2, 0.25) is 5.91 Å². The number of terminal acetylenes is 1. The van der Waals surface area contributed by atoms with Gasteiger partial charge in [-0.25, -0.2) is 8.78 Å². The smallest absolute Gasteiger partial charge is 0.319 e. The summed E-state index contributed by atoms with van der Waals surface area (Å²) in [5.41, 5.74) is -1.94. The van der Waals surface area contributed by atoms with Crippen LogP contribution in [0.25, 0.3) is 32.9 Å². The molecule has 0 aliphatic carbocycles. The molecule has 274 valence electrons. The number of hydrogen-bond donors (Lipinski definition) is 1. The molecule has 1 amide bonds. The molecule has 0 spiro atoms. The summed E-state index contributed by atoms with van der Waals surface area (Å²) in [4.78, 5) is 32.8. The topological polar surface area (TPSA) is 119 Å². The number of anilines is 1. The Morgan fingerprint density at radius 2 is 1.94 bits per heavy atom. The standard InChI is InChI=1S/C41H43F2N7O3/c1-7-27-30(42)12-11-25-19-26(39(3,4)52)20-28(33(25)27)35-34(43)36-29(21-45-35)37(47-38(46-36)53-24-41-13-9-16-49(41)17-10-14-41)48(6)22-31-40(5,23-44)15-18-50(31)32(51)8-2/h1,8,11-12,19-21,31,52H,2,9-10,13-18,22,24H2,3-6H3/t31-,40?/m1/s1. The number of carbonyl (C=O) groups excluding carboxylic acids is 1. The highest BCUT2D eigenvalue weighted by molar-refractivity contribution is 6.02. The molecule has 3 aliphatic heterocycles. The second kappa shape index (κ2) is 13.4. The Hall–Kier alpha value is -5.17. The van der Waals surface area contributed by atoms with Crippen molar-refractivity contribution >= 4 is 33.4 Å². The lowest BCUT2D eigenvalue weighted by Crippen LogP contribution is -2.47. The number of likely N-dealkylation sites (tertiary alicyclic amines) is 1. The van der Waals surface area contributed by atoms with Crippen LogP contribution in [0.5, 0.6) is 6.01 Å². The van der Waals surface area contributed by atoms with Crippen LogP contribution in [0, 0.1) is 40.7 Å². The molecule has 3 fully saturated rings. The third-order valence-corrected chi connectivity index (χ3v) is 11.6. The van der Waals surface area contributed by atoms with Crippen LogP contribution < -0.4 is 9.64 Å². The lowest BCUT2D eigenvalue weighted by atomic mass is 9.83. The molecule has 4 aromatic rings. The fraction of sp³-hybridized carbons (Fsp3) is 0.439. The fourth-order valence-corrected chi connectivity index (χ4v) is 8.52. The van der Waals surface area contributed by atoms with Crippen LogP contribution in [-0.2, 0) is 10.4 Å². The predicted octanol–water partition coefficient (Wildman–Crippen LogP) is 6.09. The number of aromatic nitrogens is 3. The number of pyridine rings is 1. The third-order valence-electron chi connectivity index (χ3n) is 11.6. The fourth-order valence-electron chi connectivity index (χ4n) is 8.52. The first-order valence-corrected chi connectivity index (χ1v) is 18.0. The summed E-state index contributed by atoms with van der Waals surface area (Å²) in [5, 5.41) is 22.3. The largest absolute Gasteiger partial charge is 0.461 e. The number of aliphatic hydroxyl groups is 1. The Labute approximate surface area is 308 Å². The van der Waals surface area contributed by atoms with E-state index in [9.17, 15) is 15.2 Å². The maximum Gasteiger partial charge on any atom is 0.319 e. The highest BCUT2D eigenvalue weighted by Gasteiger charge is 2.47. The molecule has 1 N–H and O–H groups in total. The van der Waals surface area contributed by atoms with Crippen LogP contribution in [0.15, 0.2) is 43.1 Å². The second-order valence-electron chi connectivity index (χ2n) is 15.4. The molecule has 0 bridgehead atoms. The average Bonchev–Trinajstić information content (AvgIpc) is 3.82. The van der Waals surface area contributed by atoms with E-state index in [1.165, 1.54) is 24.4 Å². The SMILES string of the molecule is C#Cc1c(F)ccc2cc(C(C)(C)O)cc(-c3ncc4c(N(C)C[C@H]5N(C(=O)C=C)CCC5(C)C#N)nc(OCC56CCCN5CCC6)nc4c3F)c12. The molecule has 5 heterocycles. The monoisotopic (exact) mass is 719 g/mol. The van der Waals surface area contributed by atoms with Gasteiger partial charge in [-0.05, 0) is 101 Å². The number of amides is 1. The number of nitrogens with zero attached hydrogens (tertiary/aromatic N) is 7. The van der Waals surface area contributed by atoms with E-state index in [1.807, 2.05) is 6.92 Å². The third kappa shape index (κ3) is 6.14. The summed E-state index contributed by atoms with van der Waals surface area (Å²) in [6.07, 6.45) is 13.1. The number of nitriles is 1. The van der Waals surface area contributed by atoms with Crippen molar-refractivity contribution in [2.45, 2.75) is 70.1 Å². The number of rotatable bonds is 9. The average molecular weight is 720 g/mol. The summed E-state index contributed by atoms with van der Waals surface area (Å²) >= 11 is 0. The van der Waals surface area contributed by atoms with Crippen LogP contribution in [0.1, 0.15) is 64.0 Å². The Bertz CT molecular complexity index is 2230. The first-order chi connectivity index (χ1) is 25.2. The number of benzene rings is 2. The van der Waals surface area contributed by atoms with Crippen molar-refractivity contribution in [1.82, 2.24) is 24.8 Å². The van der Waals surface area contributed by atoms with Gasteiger partial charge in [-0.3, -0.25) is 14.7 Å². The number of carbonyl (C=O) groups is 1. The highest BCUT2D eigenvalue weighted by Crippen LogP contribution is 2.42. The van der Waals surface area contributed by atoms with Gasteiger partial charge in [-0.2, -0.15) is 15.2 Å². The van der Waals surface area contributed by atoms with E-state index in [-0.39, 0.29) is 57.1 Å². The Balaban J connectivity index is 1.40. The van der Waals surface area contributed by atoms with Crippen molar-refractivity contribution in [2.24, 2.45) is 5.41 Å². The summed E-state index contributed by atoms with van der Waals surface area (Å²) in [6, 6.07) is 7.93. The summed E-state index contributed by atoms with van der Waals surface area (Å²) in [5.74, 6) is 0.989. The first-order valence-electron chi connectivity index (χ1n) is 18.0. The molecule has 3 aliphatic rings. The minimum Gasteiger partial charge on any atom is -0.461 e. The number of hydrogen-bond acceptors (Lipinski definition) is 9. The highest BCUT2D eigenvalue weighted by atomic mass is 19.1. The molecular weight excluding hydrogens is 676 g/mol. The molecule has 0 radical (unpaired) electrons. The second-order valence-corrected chi connectivity index (χ2v) is 15.4. The first kappa shape index (κ1) is 36.2. The van der Waals surface area contributed by atoms with Crippen molar-refractivity contribution in [3.63, 3.8) is 0 Å². The Kier molecular flexibility index (Phi) is 9.12. The van der Waals surface area contributed by atoms with Gasteiger partial charge in [0.05, 0.1) is 39.6 Å². The zero-order valence-electron chi connectivity index (χ0n) is 30.5. The lowest BCUT2D eigenvalue weighted by Gasteiger charge is -2.34. The van der Waals surface area contributed by atoms with Crippen molar-refractivity contribution in [1.29, 1.82) is 5.26 Å². The Morgan fingerprint density at radius 1 is 1.21 bits per heavy atom. The Morgan fingerprint density at radius 3 is 2.60 bits per heavy atom. The van der Waals surface area contributed by atoms with E-state index in [2.05, 4.69) is 33.4 Å². The maximum absolute atomic E-state index is 17.3. The zero-order chi connectivity index (χ0) is 37.9. The molecule has 0 saturated carbocycles. The summed E-state index contributed by atoms with van der Waals surface area (Å²) < 4.78 is 38.8. The molecule has 3 saturated heterocycles. The molecular formula is C41H43F2N7O3. The zero-order valence-corrected chi connectivity index (χ0v) is 30.5. The van der Waals surface area contributed by atoms with Crippen molar-refractivity contribution in [3.05, 3.63) is 65.9 Å². The van der Waals surface area contributed by atoms with E-state index in [0.29, 0.717) is 36.3 Å². The van der Waals surface area contributed by atoms with Crippen molar-refractivity contribution < 1.29 is 23.4 Å². The molecule has 1 unspecified atom stereocenters. The minimum atomic E-state index is -1.33. The van der Waals surface area contributed by atoms with Gasteiger partial charge in [0.1, 0.15) is 29.5 Å². The quantitative estimate of drug-likeness (QED) is 0.162. The van der Waals surface area contributed by atoms with Gasteiger partial charge in [-0.15, -0.1) is 6.42 Å². The summed E-state index contributed by atoms with van der Waals surface area (Å²) in [7, 11) is 1.76. The molecule has 10 nitrogen and oxygen atoms in total. The predicted molar refractivity (Wildman–Crippen MR) is 199 cm³/mol. The molecule has 12 heteroatoms. The number of fused-ring (bicyclic) bond motifs is 3. The maximum atomic E-state index is 17.3. The van der Waals surface area contributed by atoms with Crippen molar-refractivity contribution in [2.75, 3.05) is 44.7 Å². The van der Waals surface area contributed by atoms with E-state index in [1.54, 1.807) is 42.8 Å². The van der Waals surface area contributed by atoms with E-state index >= 15 is 8.78 Å². The number of halogens is 2. The van der Waals surface area contributed by atoms with Crippen LogP contribution in [0.4, 0.5) is 14.6 Å². The van der Waals surface area contributed by atoms with Crippen LogP contribution in [-0.4, -0.2) is 87.2 Å². The minimum absolute atomic E-state index is 0.0255. The van der Waals surface area contributed by atoms with E-state index < -0.39 is 28.7 Å². The number of ether oxygens (including phenoxy) is 1. The van der Waals surface area contributed by atoms with Gasteiger partial charge >= 0.3 is 6.01 Å². The molecule has 53 heavy (non-hydrogen) atoms. The molecule has 2 aromatic carbocycles. The van der Waals surface area contributed by atoms with Crippen molar-refractivity contribution in [3.8, 4) is 35.7 Å². The van der Waals surface area contributed by atoms with Gasteiger partial charge in [0.25, 0.3) is 0 Å². The van der Waals surface area contributed by atoms with E-state index in [0.717, 1.165) is 38.8 Å². The normalized spacial score (nSPS) is 21.1. The van der Waals surface area contributed by atoms with Gasteiger partial charge in [0.15, 0.2) is 5.82 Å². The van der Waals surface area contributed by atoms with E-state index in [4.69, 9.17) is 16.1 Å².